The first-order valence-corrected chi connectivity index (χ1v) is 10.5. The van der Waals surface area contributed by atoms with Crippen LogP contribution in [0.3, 0.4) is 0 Å². The maximum absolute atomic E-state index is 12.1. The second kappa shape index (κ2) is 9.05. The van der Waals surface area contributed by atoms with Gasteiger partial charge in [0.05, 0.1) is 11.9 Å². The predicted octanol–water partition coefficient (Wildman–Crippen LogP) is 3.16. The van der Waals surface area contributed by atoms with Crippen LogP contribution in [0.5, 0.6) is 0 Å². The monoisotopic (exact) mass is 394 g/mol. The van der Waals surface area contributed by atoms with Gasteiger partial charge in [-0.15, -0.1) is 0 Å². The Hall–Kier alpha value is -2.05. The van der Waals surface area contributed by atoms with Crippen molar-refractivity contribution in [3.63, 3.8) is 0 Å². The molecule has 5 nitrogen and oxygen atoms in total. The van der Waals surface area contributed by atoms with E-state index in [0.29, 0.717) is 17.3 Å². The van der Waals surface area contributed by atoms with Gasteiger partial charge in [-0.05, 0) is 42.7 Å². The van der Waals surface area contributed by atoms with Crippen molar-refractivity contribution in [3.05, 3.63) is 64.7 Å². The molecule has 0 spiro atoms. The number of carbonyl (C=O) groups excluding carboxylic acids is 1. The molecule has 0 aromatic heterocycles. The van der Waals surface area contributed by atoms with E-state index in [1.807, 2.05) is 30.3 Å². The Kier molecular flexibility index (Phi) is 7.06. The Morgan fingerprint density at radius 1 is 1.15 bits per heavy atom. The first-order valence-electron chi connectivity index (χ1n) is 8.32. The molecule has 7 heteroatoms. The van der Waals surface area contributed by atoms with Gasteiger partial charge in [0.1, 0.15) is 0 Å². The topological polar surface area (TPSA) is 66.5 Å². The summed E-state index contributed by atoms with van der Waals surface area (Å²) in [5.74, 6) is -0.179. The van der Waals surface area contributed by atoms with Crippen LogP contribution in [-0.2, 0) is 21.2 Å². The van der Waals surface area contributed by atoms with Crippen LogP contribution in [0.25, 0.3) is 0 Å². The molecular formula is C19H23ClN2O3S. The number of amides is 1. The van der Waals surface area contributed by atoms with Crippen molar-refractivity contribution in [3.8, 4) is 0 Å². The number of anilines is 1. The van der Waals surface area contributed by atoms with Crippen LogP contribution in [0.4, 0.5) is 5.69 Å². The molecule has 0 bridgehead atoms. The second-order valence-electron chi connectivity index (χ2n) is 6.10. The number of benzene rings is 2. The van der Waals surface area contributed by atoms with E-state index in [0.717, 1.165) is 23.8 Å². The lowest BCUT2D eigenvalue weighted by atomic mass is 10.1. The minimum atomic E-state index is -3.50. The Morgan fingerprint density at radius 3 is 2.46 bits per heavy atom. The summed E-state index contributed by atoms with van der Waals surface area (Å²) in [6.07, 6.45) is 1.96. The Morgan fingerprint density at radius 2 is 1.85 bits per heavy atom. The van der Waals surface area contributed by atoms with Gasteiger partial charge in [0.25, 0.3) is 0 Å². The minimum absolute atomic E-state index is 0.0818. The van der Waals surface area contributed by atoms with Crippen LogP contribution < -0.4 is 9.62 Å². The molecule has 0 unspecified atom stereocenters. The molecule has 0 aliphatic rings. The third kappa shape index (κ3) is 6.04. The normalized spacial score (nSPS) is 11.2. The lowest BCUT2D eigenvalue weighted by Gasteiger charge is -2.24. The van der Waals surface area contributed by atoms with E-state index in [9.17, 15) is 13.2 Å². The van der Waals surface area contributed by atoms with Crippen molar-refractivity contribution in [2.75, 3.05) is 23.7 Å². The molecule has 0 radical (unpaired) electrons. The van der Waals surface area contributed by atoms with Crippen LogP contribution in [0.1, 0.15) is 17.5 Å². The molecule has 0 aliphatic heterocycles. The van der Waals surface area contributed by atoms with Crippen LogP contribution >= 0.6 is 11.6 Å². The first-order chi connectivity index (χ1) is 12.3. The van der Waals surface area contributed by atoms with Gasteiger partial charge >= 0.3 is 0 Å². The van der Waals surface area contributed by atoms with Gasteiger partial charge in [-0.2, -0.15) is 0 Å². The van der Waals surface area contributed by atoms with Gasteiger partial charge < -0.3 is 5.32 Å². The van der Waals surface area contributed by atoms with Crippen molar-refractivity contribution in [2.45, 2.75) is 19.8 Å². The summed E-state index contributed by atoms with van der Waals surface area (Å²) < 4.78 is 25.5. The number of nitrogens with zero attached hydrogens (tertiary/aromatic N) is 1. The van der Waals surface area contributed by atoms with E-state index in [-0.39, 0.29) is 18.9 Å². The zero-order valence-corrected chi connectivity index (χ0v) is 16.5. The maximum atomic E-state index is 12.1. The first kappa shape index (κ1) is 20.3. The van der Waals surface area contributed by atoms with Crippen LogP contribution in [-0.4, -0.2) is 33.7 Å². The van der Waals surface area contributed by atoms with Gasteiger partial charge in [0.15, 0.2) is 0 Å². The molecule has 140 valence electrons. The molecule has 2 aromatic rings. The summed E-state index contributed by atoms with van der Waals surface area (Å²) >= 11 is 5.94. The van der Waals surface area contributed by atoms with E-state index in [1.54, 1.807) is 25.1 Å². The number of hydrogen-bond donors (Lipinski definition) is 1. The van der Waals surface area contributed by atoms with Gasteiger partial charge in [-0.3, -0.25) is 9.10 Å². The lowest BCUT2D eigenvalue weighted by Crippen LogP contribution is -2.35. The molecule has 2 aromatic carbocycles. The summed E-state index contributed by atoms with van der Waals surface area (Å²) in [7, 11) is -3.50. The summed E-state index contributed by atoms with van der Waals surface area (Å²) in [6.45, 7) is 2.39. The highest BCUT2D eigenvalue weighted by atomic mass is 35.5. The maximum Gasteiger partial charge on any atom is 0.232 e. The molecule has 0 heterocycles. The van der Waals surface area contributed by atoms with Crippen molar-refractivity contribution in [2.24, 2.45) is 0 Å². The fourth-order valence-electron chi connectivity index (χ4n) is 2.65. The molecule has 0 saturated carbocycles. The number of sulfonamides is 1. The zero-order valence-electron chi connectivity index (χ0n) is 14.9. The molecule has 2 rings (SSSR count). The van der Waals surface area contributed by atoms with Gasteiger partial charge in [-0.25, -0.2) is 8.42 Å². The minimum Gasteiger partial charge on any atom is -0.356 e. The van der Waals surface area contributed by atoms with E-state index in [2.05, 4.69) is 5.32 Å². The smallest absolute Gasteiger partial charge is 0.232 e. The van der Waals surface area contributed by atoms with E-state index in [1.165, 1.54) is 4.31 Å². The Balaban J connectivity index is 1.94. The van der Waals surface area contributed by atoms with E-state index >= 15 is 0 Å². The average molecular weight is 395 g/mol. The number of rotatable bonds is 8. The van der Waals surface area contributed by atoms with Crippen LogP contribution in [0.15, 0.2) is 48.5 Å². The zero-order chi connectivity index (χ0) is 19.2. The number of hydrogen-bond acceptors (Lipinski definition) is 3. The summed E-state index contributed by atoms with van der Waals surface area (Å²) in [4.78, 5) is 12.1. The third-order valence-corrected chi connectivity index (χ3v) is 5.36. The van der Waals surface area contributed by atoms with Crippen molar-refractivity contribution >= 4 is 33.2 Å². The molecule has 1 N–H and O–H groups in total. The summed E-state index contributed by atoms with van der Waals surface area (Å²) in [5.41, 5.74) is 2.42. The van der Waals surface area contributed by atoms with Crippen LogP contribution in [0, 0.1) is 6.92 Å². The highest BCUT2D eigenvalue weighted by Crippen LogP contribution is 2.25. The van der Waals surface area contributed by atoms with Gasteiger partial charge in [-0.1, -0.05) is 41.9 Å². The quantitative estimate of drug-likeness (QED) is 0.747. The molecular weight excluding hydrogens is 372 g/mol. The highest BCUT2D eigenvalue weighted by Gasteiger charge is 2.20. The van der Waals surface area contributed by atoms with Crippen molar-refractivity contribution in [1.82, 2.24) is 5.32 Å². The number of aryl methyl sites for hydroxylation is 1. The summed E-state index contributed by atoms with van der Waals surface area (Å²) in [5, 5.41) is 3.37. The van der Waals surface area contributed by atoms with Crippen molar-refractivity contribution < 1.29 is 13.2 Å². The number of nitrogens with one attached hydrogen (secondary N) is 1. The van der Waals surface area contributed by atoms with E-state index in [4.69, 9.17) is 11.6 Å². The molecule has 0 saturated heterocycles. The SMILES string of the molecule is Cc1cc(Cl)ccc1N(CCC(=O)NCCc1ccccc1)S(C)(=O)=O. The average Bonchev–Trinajstić information content (AvgIpc) is 2.56. The molecule has 26 heavy (non-hydrogen) atoms. The second-order valence-corrected chi connectivity index (χ2v) is 8.44. The number of halogens is 1. The van der Waals surface area contributed by atoms with Gasteiger partial charge in [0.2, 0.25) is 15.9 Å². The molecule has 0 atom stereocenters. The molecule has 1 amide bonds. The third-order valence-electron chi connectivity index (χ3n) is 3.95. The fraction of sp³-hybridized carbons (Fsp3) is 0.316. The van der Waals surface area contributed by atoms with Crippen LogP contribution in [0.2, 0.25) is 5.02 Å². The summed E-state index contributed by atoms with van der Waals surface area (Å²) in [6, 6.07) is 14.9. The standard InChI is InChI=1S/C19H23ClN2O3S/c1-15-14-17(20)8-9-18(15)22(26(2,24)25)13-11-19(23)21-12-10-16-6-4-3-5-7-16/h3-9,14H,10-13H2,1-2H3,(H,21,23). The van der Waals surface area contributed by atoms with E-state index < -0.39 is 10.0 Å². The molecule has 0 fully saturated rings. The fourth-order valence-corrected chi connectivity index (χ4v) is 3.86. The highest BCUT2D eigenvalue weighted by molar-refractivity contribution is 7.92. The largest absolute Gasteiger partial charge is 0.356 e. The Labute approximate surface area is 160 Å². The van der Waals surface area contributed by atoms with Crippen molar-refractivity contribution in [1.29, 1.82) is 0 Å². The number of carbonyl (C=O) groups is 1. The molecule has 0 aliphatic carbocycles. The lowest BCUT2D eigenvalue weighted by molar-refractivity contribution is -0.120. The Bertz CT molecular complexity index is 854. The predicted molar refractivity (Wildman–Crippen MR) is 106 cm³/mol. The van der Waals surface area contributed by atoms with Gasteiger partial charge in [0, 0.05) is 24.5 Å².